The van der Waals surface area contributed by atoms with E-state index in [-0.39, 0.29) is 11.5 Å². The zero-order valence-electron chi connectivity index (χ0n) is 15.6. The van der Waals surface area contributed by atoms with E-state index >= 15 is 0 Å². The number of rotatable bonds is 5. The van der Waals surface area contributed by atoms with Gasteiger partial charge in [-0.2, -0.15) is 0 Å². The quantitative estimate of drug-likeness (QED) is 0.444. The fourth-order valence-electron chi connectivity index (χ4n) is 3.18. The van der Waals surface area contributed by atoms with Crippen LogP contribution in [0, 0.1) is 19.8 Å². The molecule has 140 valence electrons. The summed E-state index contributed by atoms with van der Waals surface area (Å²) in [5.74, 6) is 1.13. The van der Waals surface area contributed by atoms with Gasteiger partial charge in [0.2, 0.25) is 5.91 Å². The van der Waals surface area contributed by atoms with Crippen LogP contribution in [0.2, 0.25) is 0 Å². The fraction of sp³-hybridized carbons (Fsp3) is 0.526. The molecule has 3 heterocycles. The van der Waals surface area contributed by atoms with E-state index in [2.05, 4.69) is 13.5 Å². The molecule has 0 saturated carbocycles. The third-order valence-corrected chi connectivity index (χ3v) is 7.09. The highest BCUT2D eigenvalue weighted by molar-refractivity contribution is 7.99. The highest BCUT2D eigenvalue weighted by atomic mass is 32.2. The van der Waals surface area contributed by atoms with Crippen LogP contribution in [0.3, 0.4) is 0 Å². The molecular formula is C19H25N3O2S2. The maximum Gasteiger partial charge on any atom is 0.263 e. The molecule has 1 saturated heterocycles. The molecule has 0 N–H and O–H groups in total. The second kappa shape index (κ2) is 7.96. The molecule has 26 heavy (non-hydrogen) atoms. The lowest BCUT2D eigenvalue weighted by Crippen LogP contribution is -2.39. The van der Waals surface area contributed by atoms with Crippen LogP contribution in [0.25, 0.3) is 10.2 Å². The van der Waals surface area contributed by atoms with Crippen molar-refractivity contribution in [3.63, 3.8) is 0 Å². The zero-order valence-corrected chi connectivity index (χ0v) is 17.2. The van der Waals surface area contributed by atoms with Crippen LogP contribution >= 0.6 is 23.1 Å². The molecule has 0 spiro atoms. The number of likely N-dealkylation sites (tertiary alicyclic amines) is 1. The number of carbonyl (C=O) groups is 1. The summed E-state index contributed by atoms with van der Waals surface area (Å²) >= 11 is 2.89. The molecule has 0 radical (unpaired) electrons. The first-order chi connectivity index (χ1) is 12.4. The Morgan fingerprint density at radius 2 is 2.08 bits per heavy atom. The van der Waals surface area contributed by atoms with Gasteiger partial charge < -0.3 is 4.90 Å². The van der Waals surface area contributed by atoms with Crippen molar-refractivity contribution in [1.82, 2.24) is 14.5 Å². The first kappa shape index (κ1) is 19.2. The summed E-state index contributed by atoms with van der Waals surface area (Å²) in [7, 11) is 0. The van der Waals surface area contributed by atoms with Crippen molar-refractivity contribution in [3.05, 3.63) is 33.4 Å². The van der Waals surface area contributed by atoms with Crippen LogP contribution in [0.5, 0.6) is 0 Å². The lowest BCUT2D eigenvalue weighted by atomic mass is 9.99. The number of hydrogen-bond acceptors (Lipinski definition) is 5. The zero-order chi connectivity index (χ0) is 18.8. The van der Waals surface area contributed by atoms with E-state index in [1.165, 1.54) is 23.1 Å². The SMILES string of the molecule is C=CCn1c(SCC(=O)N2CCC(C)CC2)nc2sc(C)c(C)c2c1=O. The predicted octanol–water partition coefficient (Wildman–Crippen LogP) is 3.61. The van der Waals surface area contributed by atoms with Crippen molar-refractivity contribution in [2.24, 2.45) is 5.92 Å². The molecule has 1 aliphatic rings. The molecule has 2 aromatic heterocycles. The maximum absolute atomic E-state index is 12.9. The van der Waals surface area contributed by atoms with E-state index in [0.29, 0.717) is 28.8 Å². The normalized spacial score (nSPS) is 15.6. The van der Waals surface area contributed by atoms with Gasteiger partial charge in [0.05, 0.1) is 11.1 Å². The Labute approximate surface area is 162 Å². The van der Waals surface area contributed by atoms with Crippen LogP contribution < -0.4 is 5.56 Å². The second-order valence-electron chi connectivity index (χ2n) is 6.91. The number of amides is 1. The number of aromatic nitrogens is 2. The maximum atomic E-state index is 12.9. The third kappa shape index (κ3) is 3.74. The fourth-order valence-corrected chi connectivity index (χ4v) is 5.17. The van der Waals surface area contributed by atoms with E-state index < -0.39 is 0 Å². The molecule has 3 rings (SSSR count). The predicted molar refractivity (Wildman–Crippen MR) is 109 cm³/mol. The minimum absolute atomic E-state index is 0.0431. The van der Waals surface area contributed by atoms with E-state index in [1.807, 2.05) is 18.7 Å². The lowest BCUT2D eigenvalue weighted by Gasteiger charge is -2.30. The monoisotopic (exact) mass is 391 g/mol. The Hall–Kier alpha value is -1.60. The van der Waals surface area contributed by atoms with Crippen LogP contribution in [-0.4, -0.2) is 39.2 Å². The highest BCUT2D eigenvalue weighted by Crippen LogP contribution is 2.28. The number of piperidine rings is 1. The summed E-state index contributed by atoms with van der Waals surface area (Å²) in [5.41, 5.74) is 0.953. The van der Waals surface area contributed by atoms with Gasteiger partial charge in [0.1, 0.15) is 4.83 Å². The van der Waals surface area contributed by atoms with E-state index in [9.17, 15) is 9.59 Å². The Bertz CT molecular complexity index is 892. The van der Waals surface area contributed by atoms with Crippen molar-refractivity contribution >= 4 is 39.2 Å². The molecule has 1 amide bonds. The van der Waals surface area contributed by atoms with Crippen molar-refractivity contribution in [3.8, 4) is 0 Å². The number of nitrogens with zero attached hydrogens (tertiary/aromatic N) is 3. The number of fused-ring (bicyclic) bond motifs is 1. The first-order valence-electron chi connectivity index (χ1n) is 8.94. The number of allylic oxidation sites excluding steroid dienone is 1. The molecule has 0 unspecified atom stereocenters. The van der Waals surface area contributed by atoms with Crippen LogP contribution in [0.4, 0.5) is 0 Å². The molecule has 0 aromatic carbocycles. The van der Waals surface area contributed by atoms with E-state index in [1.54, 1.807) is 10.6 Å². The summed E-state index contributed by atoms with van der Waals surface area (Å²) in [5, 5.41) is 1.29. The molecule has 0 bridgehead atoms. The summed E-state index contributed by atoms with van der Waals surface area (Å²) in [4.78, 5) is 33.9. The summed E-state index contributed by atoms with van der Waals surface area (Å²) in [6, 6.07) is 0. The largest absolute Gasteiger partial charge is 0.342 e. The van der Waals surface area contributed by atoms with E-state index in [4.69, 9.17) is 4.98 Å². The minimum Gasteiger partial charge on any atom is -0.342 e. The lowest BCUT2D eigenvalue weighted by molar-refractivity contribution is -0.129. The van der Waals surface area contributed by atoms with Gasteiger partial charge in [-0.3, -0.25) is 14.2 Å². The van der Waals surface area contributed by atoms with Gasteiger partial charge in [-0.05, 0) is 38.2 Å². The molecule has 5 nitrogen and oxygen atoms in total. The van der Waals surface area contributed by atoms with Crippen LogP contribution in [-0.2, 0) is 11.3 Å². The van der Waals surface area contributed by atoms with Gasteiger partial charge in [0, 0.05) is 24.5 Å². The highest BCUT2D eigenvalue weighted by Gasteiger charge is 2.22. The summed E-state index contributed by atoms with van der Waals surface area (Å²) < 4.78 is 1.63. The Morgan fingerprint density at radius 1 is 1.38 bits per heavy atom. The Morgan fingerprint density at radius 3 is 2.73 bits per heavy atom. The van der Waals surface area contributed by atoms with Gasteiger partial charge >= 0.3 is 0 Å². The Balaban J connectivity index is 1.84. The van der Waals surface area contributed by atoms with Crippen molar-refractivity contribution in [2.45, 2.75) is 45.3 Å². The summed E-state index contributed by atoms with van der Waals surface area (Å²) in [6.45, 7) is 12.0. The molecule has 0 aliphatic carbocycles. The van der Waals surface area contributed by atoms with Crippen molar-refractivity contribution in [2.75, 3.05) is 18.8 Å². The molecule has 1 fully saturated rings. The Kier molecular flexibility index (Phi) is 5.87. The molecule has 0 atom stereocenters. The second-order valence-corrected chi connectivity index (χ2v) is 9.06. The standard InChI is InChI=1S/C19H25N3O2S2/c1-5-8-22-18(24)16-13(3)14(4)26-17(16)20-19(22)25-11-15(23)21-9-6-12(2)7-10-21/h5,12H,1,6-11H2,2-4H3. The van der Waals surface area contributed by atoms with Crippen molar-refractivity contribution < 1.29 is 4.79 Å². The van der Waals surface area contributed by atoms with Crippen LogP contribution in [0.1, 0.15) is 30.2 Å². The number of thiophene rings is 1. The average molecular weight is 392 g/mol. The number of carbonyl (C=O) groups excluding carboxylic acids is 1. The molecular weight excluding hydrogens is 366 g/mol. The van der Waals surface area contributed by atoms with Crippen LogP contribution in [0.15, 0.2) is 22.6 Å². The number of thioether (sulfide) groups is 1. The van der Waals surface area contributed by atoms with Gasteiger partial charge in [0.15, 0.2) is 5.16 Å². The minimum atomic E-state index is -0.0431. The first-order valence-corrected chi connectivity index (χ1v) is 10.7. The van der Waals surface area contributed by atoms with Gasteiger partial charge in [-0.15, -0.1) is 17.9 Å². The smallest absolute Gasteiger partial charge is 0.263 e. The number of hydrogen-bond donors (Lipinski definition) is 0. The average Bonchev–Trinajstić information content (AvgIpc) is 2.90. The van der Waals surface area contributed by atoms with E-state index in [0.717, 1.165) is 41.2 Å². The molecule has 7 heteroatoms. The molecule has 2 aromatic rings. The van der Waals surface area contributed by atoms with Crippen molar-refractivity contribution in [1.29, 1.82) is 0 Å². The summed E-state index contributed by atoms with van der Waals surface area (Å²) in [6.07, 6.45) is 3.83. The number of aryl methyl sites for hydroxylation is 2. The topological polar surface area (TPSA) is 55.2 Å². The molecule has 1 aliphatic heterocycles. The van der Waals surface area contributed by atoms with Gasteiger partial charge in [-0.25, -0.2) is 4.98 Å². The third-order valence-electron chi connectivity index (χ3n) is 5.03. The van der Waals surface area contributed by atoms with Gasteiger partial charge in [-0.1, -0.05) is 24.8 Å². The van der Waals surface area contributed by atoms with Gasteiger partial charge in [0.25, 0.3) is 5.56 Å².